The van der Waals surface area contributed by atoms with Gasteiger partial charge >= 0.3 is 0 Å². The lowest BCUT2D eigenvalue weighted by Crippen LogP contribution is -2.42. The Labute approximate surface area is 246 Å². The van der Waals surface area contributed by atoms with Gasteiger partial charge in [-0.15, -0.1) is 0 Å². The molecular weight excluding hydrogens is 538 g/mol. The van der Waals surface area contributed by atoms with E-state index in [9.17, 15) is 9.90 Å². The summed E-state index contributed by atoms with van der Waals surface area (Å²) < 4.78 is 1.71. The van der Waals surface area contributed by atoms with E-state index in [-0.39, 0.29) is 29.2 Å². The van der Waals surface area contributed by atoms with Gasteiger partial charge in [0.15, 0.2) is 0 Å². The van der Waals surface area contributed by atoms with Gasteiger partial charge in [0.25, 0.3) is 5.91 Å². The van der Waals surface area contributed by atoms with Gasteiger partial charge in [-0.25, -0.2) is 4.98 Å². The second kappa shape index (κ2) is 11.7. The third kappa shape index (κ3) is 6.67. The molecule has 218 valence electrons. The van der Waals surface area contributed by atoms with Crippen LogP contribution in [0, 0.1) is 0 Å². The summed E-state index contributed by atoms with van der Waals surface area (Å²) in [5.41, 5.74) is 1.91. The molecule has 0 bridgehead atoms. The minimum absolute atomic E-state index is 0.0731. The maximum atomic E-state index is 13.5. The Balaban J connectivity index is 1.25. The average molecular weight is 578 g/mol. The summed E-state index contributed by atoms with van der Waals surface area (Å²) >= 11 is 6.37. The highest BCUT2D eigenvalue weighted by molar-refractivity contribution is 6.31. The van der Waals surface area contributed by atoms with E-state index in [1.54, 1.807) is 16.8 Å². The molecule has 9 nitrogen and oxygen atoms in total. The largest absolute Gasteiger partial charge is 0.508 e. The van der Waals surface area contributed by atoms with E-state index in [4.69, 9.17) is 26.7 Å². The number of rotatable bonds is 7. The number of nitrogens with one attached hydrogen (secondary N) is 2. The number of nitrogens with zero attached hydrogens (tertiary/aromatic N) is 5. The smallest absolute Gasteiger partial charge is 0.269 e. The van der Waals surface area contributed by atoms with Gasteiger partial charge in [-0.2, -0.15) is 10.1 Å². The normalized spacial score (nSPS) is 18.6. The van der Waals surface area contributed by atoms with Gasteiger partial charge in [0.05, 0.1) is 17.6 Å². The lowest BCUT2D eigenvalue weighted by Gasteiger charge is -2.30. The number of benzene rings is 1. The molecule has 0 atom stereocenters. The predicted octanol–water partition coefficient (Wildman–Crippen LogP) is 3.95. The molecule has 41 heavy (non-hydrogen) atoms. The molecule has 2 aliphatic carbocycles. The lowest BCUT2D eigenvalue weighted by molar-refractivity contribution is 0.0916. The SMILES string of the molecule is CN(C)c1nc(NC2CCC(NC(=O)c3cc(C(C)(C)C)nn3Cc3ccc(O)cc3Cl)CC2)nc2c1=CCCC=2. The first kappa shape index (κ1) is 28.9. The summed E-state index contributed by atoms with van der Waals surface area (Å²) in [7, 11) is 4.02. The topological polar surface area (TPSA) is 108 Å². The van der Waals surface area contributed by atoms with E-state index >= 15 is 0 Å². The fraction of sp³-hybridized carbons (Fsp3) is 0.484. The highest BCUT2D eigenvalue weighted by Crippen LogP contribution is 2.27. The van der Waals surface area contributed by atoms with Crippen molar-refractivity contribution in [3.05, 3.63) is 56.8 Å². The fourth-order valence-corrected chi connectivity index (χ4v) is 5.65. The van der Waals surface area contributed by atoms with Crippen molar-refractivity contribution in [2.75, 3.05) is 24.3 Å². The molecule has 3 N–H and O–H groups in total. The van der Waals surface area contributed by atoms with Crippen LogP contribution in [0.3, 0.4) is 0 Å². The molecular formula is C31H40ClN7O2. The van der Waals surface area contributed by atoms with Crippen LogP contribution in [-0.2, 0) is 12.0 Å². The van der Waals surface area contributed by atoms with Crippen molar-refractivity contribution >= 4 is 41.4 Å². The van der Waals surface area contributed by atoms with Gasteiger partial charge in [-0.3, -0.25) is 9.48 Å². The van der Waals surface area contributed by atoms with Crippen molar-refractivity contribution < 1.29 is 9.90 Å². The van der Waals surface area contributed by atoms with Crippen molar-refractivity contribution in [1.82, 2.24) is 25.1 Å². The number of phenolic OH excluding ortho intramolecular Hbond substituents is 1. The molecule has 2 heterocycles. The van der Waals surface area contributed by atoms with Gasteiger partial charge in [0, 0.05) is 41.8 Å². The van der Waals surface area contributed by atoms with Crippen molar-refractivity contribution in [3.63, 3.8) is 0 Å². The monoisotopic (exact) mass is 577 g/mol. The zero-order valence-corrected chi connectivity index (χ0v) is 25.3. The number of halogens is 1. The first-order valence-electron chi connectivity index (χ1n) is 14.4. The second-order valence-electron chi connectivity index (χ2n) is 12.3. The van der Waals surface area contributed by atoms with Crippen LogP contribution < -0.4 is 26.1 Å². The summed E-state index contributed by atoms with van der Waals surface area (Å²) in [6, 6.07) is 7.05. The molecule has 0 unspecified atom stereocenters. The molecule has 1 aromatic carbocycles. The van der Waals surface area contributed by atoms with E-state index < -0.39 is 0 Å². The highest BCUT2D eigenvalue weighted by atomic mass is 35.5. The predicted molar refractivity (Wildman–Crippen MR) is 164 cm³/mol. The quantitative estimate of drug-likeness (QED) is 0.390. The van der Waals surface area contributed by atoms with Gasteiger partial charge < -0.3 is 20.6 Å². The fourth-order valence-electron chi connectivity index (χ4n) is 5.42. The van der Waals surface area contributed by atoms with Gasteiger partial charge in [-0.05, 0) is 62.3 Å². The number of carbonyl (C=O) groups excluding carboxylic acids is 1. The number of fused-ring (bicyclic) bond motifs is 1. The molecule has 1 fully saturated rings. The first-order valence-corrected chi connectivity index (χ1v) is 14.7. The van der Waals surface area contributed by atoms with Crippen LogP contribution in [0.15, 0.2) is 24.3 Å². The number of hydrogen-bond donors (Lipinski definition) is 3. The maximum Gasteiger partial charge on any atom is 0.269 e. The summed E-state index contributed by atoms with van der Waals surface area (Å²) in [6.45, 7) is 6.56. The maximum absolute atomic E-state index is 13.5. The summed E-state index contributed by atoms with van der Waals surface area (Å²) in [6.07, 6.45) is 9.97. The van der Waals surface area contributed by atoms with Gasteiger partial charge in [0.1, 0.15) is 17.3 Å². The van der Waals surface area contributed by atoms with Crippen LogP contribution in [0.2, 0.25) is 5.02 Å². The summed E-state index contributed by atoms with van der Waals surface area (Å²) in [5, 5.41) is 23.9. The Hall–Kier alpha value is -3.59. The van der Waals surface area contributed by atoms with Crippen LogP contribution >= 0.6 is 11.6 Å². The molecule has 1 saturated carbocycles. The Morgan fingerprint density at radius 2 is 1.78 bits per heavy atom. The van der Waals surface area contributed by atoms with E-state index in [0.29, 0.717) is 23.2 Å². The Kier molecular flexibility index (Phi) is 8.27. The summed E-state index contributed by atoms with van der Waals surface area (Å²) in [4.78, 5) is 25.2. The number of amides is 1. The number of hydrogen-bond acceptors (Lipinski definition) is 7. The minimum atomic E-state index is -0.218. The molecule has 2 aromatic heterocycles. The van der Waals surface area contributed by atoms with Crippen molar-refractivity contribution in [2.24, 2.45) is 0 Å². The molecule has 0 aliphatic heterocycles. The summed E-state index contributed by atoms with van der Waals surface area (Å²) in [5.74, 6) is 1.57. The van der Waals surface area contributed by atoms with Crippen molar-refractivity contribution in [1.29, 1.82) is 0 Å². The molecule has 5 rings (SSSR count). The zero-order chi connectivity index (χ0) is 29.3. The second-order valence-corrected chi connectivity index (χ2v) is 12.7. The number of phenols is 1. The highest BCUT2D eigenvalue weighted by Gasteiger charge is 2.27. The van der Waals surface area contributed by atoms with E-state index in [1.807, 2.05) is 25.1 Å². The van der Waals surface area contributed by atoms with Crippen LogP contribution in [0.4, 0.5) is 11.8 Å². The molecule has 2 aliphatic rings. The van der Waals surface area contributed by atoms with E-state index in [1.165, 1.54) is 6.07 Å². The van der Waals surface area contributed by atoms with Crippen LogP contribution in [0.25, 0.3) is 12.2 Å². The van der Waals surface area contributed by atoms with E-state index in [2.05, 4.69) is 43.6 Å². The number of aromatic hydroxyl groups is 1. The molecule has 10 heteroatoms. The number of aromatic nitrogens is 4. The molecule has 0 radical (unpaired) electrons. The van der Waals surface area contributed by atoms with Gasteiger partial charge in [0.2, 0.25) is 5.95 Å². The Morgan fingerprint density at radius 3 is 2.46 bits per heavy atom. The lowest BCUT2D eigenvalue weighted by atomic mass is 9.91. The minimum Gasteiger partial charge on any atom is -0.508 e. The molecule has 1 amide bonds. The molecule has 0 saturated heterocycles. The zero-order valence-electron chi connectivity index (χ0n) is 24.5. The number of anilines is 2. The Morgan fingerprint density at radius 1 is 1.07 bits per heavy atom. The van der Waals surface area contributed by atoms with Crippen molar-refractivity contribution in [3.8, 4) is 5.75 Å². The van der Waals surface area contributed by atoms with Crippen LogP contribution in [0.5, 0.6) is 5.75 Å². The van der Waals surface area contributed by atoms with Crippen molar-refractivity contribution in [2.45, 2.75) is 83.3 Å². The molecule has 0 spiro atoms. The van der Waals surface area contributed by atoms with E-state index in [0.717, 1.165) is 66.2 Å². The number of carbonyl (C=O) groups is 1. The first-order chi connectivity index (χ1) is 19.5. The van der Waals surface area contributed by atoms with Crippen LogP contribution in [0.1, 0.15) is 81.0 Å². The van der Waals surface area contributed by atoms with Crippen LogP contribution in [-0.4, -0.2) is 56.9 Å². The van der Waals surface area contributed by atoms with Gasteiger partial charge in [-0.1, -0.05) is 50.6 Å². The standard InChI is InChI=1S/C31H40ClN7O2/c1-31(2,3)27-17-26(39(37-27)18-19-10-15-22(40)16-24(19)32)29(41)33-20-11-13-21(14-12-20)34-30-35-25-9-7-6-8-23(25)28(36-30)38(4)5/h8-10,15-17,20-21,40H,6-7,11-14,18H2,1-5H3,(H,33,41)(H,34,35). The third-order valence-corrected chi connectivity index (χ3v) is 8.12. The average Bonchev–Trinajstić information content (AvgIpc) is 3.36. The third-order valence-electron chi connectivity index (χ3n) is 7.76. The Bertz CT molecular complexity index is 1550. The molecule has 3 aromatic rings.